The normalized spacial score (nSPS) is 10.8. The van der Waals surface area contributed by atoms with Gasteiger partial charge in [-0.15, -0.1) is 0 Å². The molecule has 5 heteroatoms. The third-order valence-corrected chi connectivity index (χ3v) is 2.59. The van der Waals surface area contributed by atoms with Crippen LogP contribution >= 0.6 is 0 Å². The molecule has 0 radical (unpaired) electrons. The fourth-order valence-corrected chi connectivity index (χ4v) is 1.84. The van der Waals surface area contributed by atoms with Crippen LogP contribution in [0.15, 0.2) is 30.3 Å². The first-order valence-electron chi connectivity index (χ1n) is 6.48. The van der Waals surface area contributed by atoms with Crippen LogP contribution in [0.1, 0.15) is 19.7 Å². The van der Waals surface area contributed by atoms with Gasteiger partial charge >= 0.3 is 0 Å². The summed E-state index contributed by atoms with van der Waals surface area (Å²) in [6, 6.07) is 9.50. The van der Waals surface area contributed by atoms with Crippen molar-refractivity contribution in [2.24, 2.45) is 0 Å². The van der Waals surface area contributed by atoms with Crippen LogP contribution in [0.5, 0.6) is 5.75 Å². The lowest BCUT2D eigenvalue weighted by Crippen LogP contribution is -2.05. The number of hydrogen-bond donors (Lipinski definition) is 1. The summed E-state index contributed by atoms with van der Waals surface area (Å²) >= 11 is 0. The second kappa shape index (κ2) is 6.34. The molecule has 0 unspecified atom stereocenters. The van der Waals surface area contributed by atoms with E-state index in [4.69, 9.17) is 15.2 Å². The molecule has 0 saturated heterocycles. The number of nitrogens with zero attached hydrogens (tertiary/aromatic N) is 2. The molecule has 2 rings (SSSR count). The number of nitrogens with two attached hydrogens (primary N) is 1. The van der Waals surface area contributed by atoms with E-state index in [1.54, 1.807) is 13.2 Å². The van der Waals surface area contributed by atoms with Gasteiger partial charge in [-0.05, 0) is 38.1 Å². The Balaban J connectivity index is 2.26. The standard InChI is InChI=1S/C15H19N3O2/c1-10(2)20-12-6-4-11(5-7-12)13-8-14(16)18-15(17-13)9-19-3/h4-8,10H,9H2,1-3H3,(H2,16,17,18). The first-order valence-corrected chi connectivity index (χ1v) is 6.48. The molecule has 2 aromatic rings. The van der Waals surface area contributed by atoms with Crippen LogP contribution in [-0.2, 0) is 11.3 Å². The minimum atomic E-state index is 0.156. The molecular formula is C15H19N3O2. The smallest absolute Gasteiger partial charge is 0.157 e. The van der Waals surface area contributed by atoms with Gasteiger partial charge in [0.1, 0.15) is 18.2 Å². The SMILES string of the molecule is COCc1nc(N)cc(-c2ccc(OC(C)C)cc2)n1. The van der Waals surface area contributed by atoms with Crippen molar-refractivity contribution in [3.63, 3.8) is 0 Å². The summed E-state index contributed by atoms with van der Waals surface area (Å²) in [6.07, 6.45) is 0.156. The second-order valence-electron chi connectivity index (χ2n) is 4.72. The average molecular weight is 273 g/mol. The van der Waals surface area contributed by atoms with Gasteiger partial charge < -0.3 is 15.2 Å². The lowest BCUT2D eigenvalue weighted by atomic mass is 10.1. The zero-order valence-corrected chi connectivity index (χ0v) is 12.0. The second-order valence-corrected chi connectivity index (χ2v) is 4.72. The van der Waals surface area contributed by atoms with Crippen LogP contribution in [0.4, 0.5) is 5.82 Å². The summed E-state index contributed by atoms with van der Waals surface area (Å²) < 4.78 is 10.6. The number of ether oxygens (including phenoxy) is 2. The van der Waals surface area contributed by atoms with Crippen molar-refractivity contribution < 1.29 is 9.47 Å². The van der Waals surface area contributed by atoms with Gasteiger partial charge in [-0.2, -0.15) is 0 Å². The summed E-state index contributed by atoms with van der Waals surface area (Å²) in [6.45, 7) is 4.33. The van der Waals surface area contributed by atoms with Gasteiger partial charge in [0.25, 0.3) is 0 Å². The fraction of sp³-hybridized carbons (Fsp3) is 0.333. The molecule has 0 fully saturated rings. The molecule has 106 valence electrons. The zero-order chi connectivity index (χ0) is 14.5. The Hall–Kier alpha value is -2.14. The van der Waals surface area contributed by atoms with Crippen LogP contribution in [0.25, 0.3) is 11.3 Å². The zero-order valence-electron chi connectivity index (χ0n) is 12.0. The van der Waals surface area contributed by atoms with Crippen LogP contribution in [-0.4, -0.2) is 23.2 Å². The highest BCUT2D eigenvalue weighted by atomic mass is 16.5. The van der Waals surface area contributed by atoms with Crippen molar-refractivity contribution in [1.29, 1.82) is 0 Å². The van der Waals surface area contributed by atoms with Crippen LogP contribution in [0.3, 0.4) is 0 Å². The van der Waals surface area contributed by atoms with Gasteiger partial charge in [-0.3, -0.25) is 0 Å². The average Bonchev–Trinajstić information content (AvgIpc) is 2.38. The Morgan fingerprint density at radius 1 is 1.15 bits per heavy atom. The first kappa shape index (κ1) is 14.3. The van der Waals surface area contributed by atoms with Gasteiger partial charge in [0.05, 0.1) is 11.8 Å². The predicted octanol–water partition coefficient (Wildman–Crippen LogP) is 2.66. The molecule has 1 aromatic carbocycles. The lowest BCUT2D eigenvalue weighted by molar-refractivity contribution is 0.178. The lowest BCUT2D eigenvalue weighted by Gasteiger charge is -2.10. The molecule has 1 aromatic heterocycles. The maximum atomic E-state index is 5.79. The Kier molecular flexibility index (Phi) is 4.53. The maximum absolute atomic E-state index is 5.79. The number of rotatable bonds is 5. The van der Waals surface area contributed by atoms with E-state index in [9.17, 15) is 0 Å². The Morgan fingerprint density at radius 3 is 2.45 bits per heavy atom. The monoisotopic (exact) mass is 273 g/mol. The van der Waals surface area contributed by atoms with Crippen molar-refractivity contribution in [2.75, 3.05) is 12.8 Å². The number of benzene rings is 1. The van der Waals surface area contributed by atoms with Crippen LogP contribution in [0.2, 0.25) is 0 Å². The molecule has 20 heavy (non-hydrogen) atoms. The van der Waals surface area contributed by atoms with E-state index in [0.717, 1.165) is 17.0 Å². The highest BCUT2D eigenvalue weighted by Gasteiger charge is 2.06. The molecule has 0 aliphatic rings. The highest BCUT2D eigenvalue weighted by Crippen LogP contribution is 2.22. The van der Waals surface area contributed by atoms with Gasteiger partial charge in [-0.1, -0.05) is 0 Å². The minimum absolute atomic E-state index is 0.156. The van der Waals surface area contributed by atoms with E-state index in [-0.39, 0.29) is 6.10 Å². The molecule has 0 atom stereocenters. The van der Waals surface area contributed by atoms with Crippen LogP contribution in [0, 0.1) is 0 Å². The molecule has 2 N–H and O–H groups in total. The molecule has 0 amide bonds. The number of anilines is 1. The number of hydrogen-bond acceptors (Lipinski definition) is 5. The van der Waals surface area contributed by atoms with E-state index < -0.39 is 0 Å². The fourth-order valence-electron chi connectivity index (χ4n) is 1.84. The first-order chi connectivity index (χ1) is 9.58. The topological polar surface area (TPSA) is 70.3 Å². The quantitative estimate of drug-likeness (QED) is 0.906. The largest absolute Gasteiger partial charge is 0.491 e. The summed E-state index contributed by atoms with van der Waals surface area (Å²) in [5, 5.41) is 0. The van der Waals surface area contributed by atoms with Gasteiger partial charge in [0.2, 0.25) is 0 Å². The Labute approximate surface area is 118 Å². The number of nitrogen functional groups attached to an aromatic ring is 1. The minimum Gasteiger partial charge on any atom is -0.491 e. The van der Waals surface area contributed by atoms with Crippen molar-refractivity contribution in [3.8, 4) is 17.0 Å². The summed E-state index contributed by atoms with van der Waals surface area (Å²) in [5.74, 6) is 1.84. The number of methoxy groups -OCH3 is 1. The van der Waals surface area contributed by atoms with E-state index >= 15 is 0 Å². The highest BCUT2D eigenvalue weighted by molar-refractivity contribution is 5.62. The third-order valence-electron chi connectivity index (χ3n) is 2.59. The van der Waals surface area contributed by atoms with Crippen molar-refractivity contribution in [3.05, 3.63) is 36.2 Å². The molecule has 0 aliphatic heterocycles. The van der Waals surface area contributed by atoms with E-state index in [1.165, 1.54) is 0 Å². The van der Waals surface area contributed by atoms with Crippen LogP contribution < -0.4 is 10.5 Å². The molecular weight excluding hydrogens is 254 g/mol. The van der Waals surface area contributed by atoms with Crippen molar-refractivity contribution >= 4 is 5.82 Å². The van der Waals surface area contributed by atoms with E-state index in [0.29, 0.717) is 18.2 Å². The van der Waals surface area contributed by atoms with Gasteiger partial charge in [0, 0.05) is 18.7 Å². The van der Waals surface area contributed by atoms with E-state index in [2.05, 4.69) is 9.97 Å². The van der Waals surface area contributed by atoms with Crippen molar-refractivity contribution in [2.45, 2.75) is 26.6 Å². The number of aromatic nitrogens is 2. The molecule has 1 heterocycles. The maximum Gasteiger partial charge on any atom is 0.157 e. The molecule has 0 bridgehead atoms. The summed E-state index contributed by atoms with van der Waals surface area (Å²) in [7, 11) is 1.60. The molecule has 5 nitrogen and oxygen atoms in total. The third kappa shape index (κ3) is 3.68. The Bertz CT molecular complexity index is 568. The summed E-state index contributed by atoms with van der Waals surface area (Å²) in [4.78, 5) is 8.55. The Morgan fingerprint density at radius 2 is 1.85 bits per heavy atom. The molecule has 0 aliphatic carbocycles. The van der Waals surface area contributed by atoms with E-state index in [1.807, 2.05) is 38.1 Å². The van der Waals surface area contributed by atoms with Gasteiger partial charge in [0.15, 0.2) is 5.82 Å². The van der Waals surface area contributed by atoms with Gasteiger partial charge in [-0.25, -0.2) is 9.97 Å². The molecule has 0 spiro atoms. The molecule has 0 saturated carbocycles. The van der Waals surface area contributed by atoms with Crippen molar-refractivity contribution in [1.82, 2.24) is 9.97 Å². The predicted molar refractivity (Wildman–Crippen MR) is 78.4 cm³/mol. The summed E-state index contributed by atoms with van der Waals surface area (Å²) in [5.41, 5.74) is 7.54.